The minimum absolute atomic E-state index is 0.143. The summed E-state index contributed by atoms with van der Waals surface area (Å²) in [6.45, 7) is 5.81. The van der Waals surface area contributed by atoms with Crippen LogP contribution in [0.2, 0.25) is 0 Å². The van der Waals surface area contributed by atoms with Gasteiger partial charge in [-0.2, -0.15) is 0 Å². The Hall–Kier alpha value is -1.24. The number of benzene rings is 1. The molecule has 1 aromatic carbocycles. The molecule has 6 heteroatoms. The molecule has 0 radical (unpaired) electrons. The number of hydrogen-bond donors (Lipinski definition) is 2. The Labute approximate surface area is 133 Å². The van der Waals surface area contributed by atoms with Crippen molar-refractivity contribution >= 4 is 15.9 Å². The van der Waals surface area contributed by atoms with Crippen molar-refractivity contribution in [2.75, 3.05) is 6.61 Å². The third-order valence-corrected chi connectivity index (χ3v) is 3.94. The van der Waals surface area contributed by atoms with Crippen molar-refractivity contribution in [1.29, 1.82) is 0 Å². The van der Waals surface area contributed by atoms with E-state index in [9.17, 15) is 0 Å². The molecule has 0 saturated carbocycles. The smallest absolute Gasteiger partial charge is 0.0965 e. The zero-order valence-electron chi connectivity index (χ0n) is 12.4. The van der Waals surface area contributed by atoms with E-state index in [-0.39, 0.29) is 12.1 Å². The SMILES string of the molecule is CC(C)(NCc1cn(CCCO)nn1)c1ccc(Br)cc1. The first kappa shape index (κ1) is 16.1. The fourth-order valence-corrected chi connectivity index (χ4v) is 2.31. The van der Waals surface area contributed by atoms with Gasteiger partial charge in [0.2, 0.25) is 0 Å². The summed E-state index contributed by atoms with van der Waals surface area (Å²) in [4.78, 5) is 0. The summed E-state index contributed by atoms with van der Waals surface area (Å²) in [6.07, 6.45) is 2.61. The lowest BCUT2D eigenvalue weighted by Gasteiger charge is -2.26. The molecule has 0 atom stereocenters. The number of hydrogen-bond acceptors (Lipinski definition) is 4. The Morgan fingerprint density at radius 2 is 2.00 bits per heavy atom. The maximum atomic E-state index is 8.81. The minimum Gasteiger partial charge on any atom is -0.396 e. The molecular formula is C15H21BrN4O. The van der Waals surface area contributed by atoms with Gasteiger partial charge < -0.3 is 10.4 Å². The Bertz CT molecular complexity index is 565. The van der Waals surface area contributed by atoms with Crippen LogP contribution in [-0.2, 0) is 18.6 Å². The molecule has 2 rings (SSSR count). The van der Waals surface area contributed by atoms with Crippen molar-refractivity contribution < 1.29 is 5.11 Å². The van der Waals surface area contributed by atoms with E-state index in [1.54, 1.807) is 4.68 Å². The summed E-state index contributed by atoms with van der Waals surface area (Å²) in [5.41, 5.74) is 1.98. The highest BCUT2D eigenvalue weighted by Gasteiger charge is 2.19. The predicted molar refractivity (Wildman–Crippen MR) is 85.7 cm³/mol. The van der Waals surface area contributed by atoms with Crippen molar-refractivity contribution in [2.45, 2.75) is 38.9 Å². The van der Waals surface area contributed by atoms with Crippen LogP contribution in [0.15, 0.2) is 34.9 Å². The molecule has 0 aliphatic heterocycles. The van der Waals surface area contributed by atoms with Crippen LogP contribution < -0.4 is 5.32 Å². The molecule has 0 amide bonds. The number of aliphatic hydroxyl groups excluding tert-OH is 1. The van der Waals surface area contributed by atoms with E-state index < -0.39 is 0 Å². The third kappa shape index (κ3) is 4.62. The van der Waals surface area contributed by atoms with Gasteiger partial charge in [-0.15, -0.1) is 5.10 Å². The Kier molecular flexibility index (Phi) is 5.50. The number of nitrogens with one attached hydrogen (secondary N) is 1. The molecule has 0 aliphatic rings. The second kappa shape index (κ2) is 7.15. The van der Waals surface area contributed by atoms with E-state index in [0.29, 0.717) is 19.5 Å². The molecule has 0 spiro atoms. The van der Waals surface area contributed by atoms with Gasteiger partial charge in [-0.05, 0) is 38.0 Å². The van der Waals surface area contributed by atoms with Gasteiger partial charge in [0.1, 0.15) is 0 Å². The van der Waals surface area contributed by atoms with Gasteiger partial charge in [0.15, 0.2) is 0 Å². The highest BCUT2D eigenvalue weighted by Crippen LogP contribution is 2.22. The predicted octanol–water partition coefficient (Wildman–Crippen LogP) is 2.45. The first-order chi connectivity index (χ1) is 10.0. The molecule has 1 aromatic heterocycles. The summed E-state index contributed by atoms with van der Waals surface area (Å²) in [7, 11) is 0. The highest BCUT2D eigenvalue weighted by atomic mass is 79.9. The molecule has 21 heavy (non-hydrogen) atoms. The van der Waals surface area contributed by atoms with E-state index in [4.69, 9.17) is 5.11 Å². The van der Waals surface area contributed by atoms with Gasteiger partial charge in [-0.1, -0.05) is 33.3 Å². The summed E-state index contributed by atoms with van der Waals surface area (Å²) in [5.74, 6) is 0. The molecule has 2 aromatic rings. The van der Waals surface area contributed by atoms with Gasteiger partial charge in [-0.3, -0.25) is 4.68 Å². The first-order valence-electron chi connectivity index (χ1n) is 7.02. The van der Waals surface area contributed by atoms with E-state index >= 15 is 0 Å². The maximum absolute atomic E-state index is 8.81. The quantitative estimate of drug-likeness (QED) is 0.803. The molecule has 5 nitrogen and oxygen atoms in total. The van der Waals surface area contributed by atoms with Gasteiger partial charge in [0.05, 0.1) is 5.69 Å². The fourth-order valence-electron chi connectivity index (χ4n) is 2.04. The molecule has 0 aliphatic carbocycles. The van der Waals surface area contributed by atoms with Crippen LogP contribution in [-0.4, -0.2) is 26.7 Å². The average Bonchev–Trinajstić information content (AvgIpc) is 2.91. The zero-order valence-corrected chi connectivity index (χ0v) is 14.0. The number of nitrogens with zero attached hydrogens (tertiary/aromatic N) is 3. The fraction of sp³-hybridized carbons (Fsp3) is 0.467. The minimum atomic E-state index is -0.143. The Balaban J connectivity index is 1.94. The number of aryl methyl sites for hydroxylation is 1. The maximum Gasteiger partial charge on any atom is 0.0965 e. The van der Waals surface area contributed by atoms with Crippen LogP contribution in [0.3, 0.4) is 0 Å². The Morgan fingerprint density at radius 1 is 1.29 bits per heavy atom. The van der Waals surface area contributed by atoms with E-state index in [1.165, 1.54) is 5.56 Å². The van der Waals surface area contributed by atoms with Crippen LogP contribution in [0, 0.1) is 0 Å². The summed E-state index contributed by atoms with van der Waals surface area (Å²) in [5, 5.41) is 20.5. The summed E-state index contributed by atoms with van der Waals surface area (Å²) >= 11 is 3.45. The monoisotopic (exact) mass is 352 g/mol. The van der Waals surface area contributed by atoms with Crippen molar-refractivity contribution in [3.8, 4) is 0 Å². The molecule has 0 bridgehead atoms. The van der Waals surface area contributed by atoms with Crippen molar-refractivity contribution in [1.82, 2.24) is 20.3 Å². The summed E-state index contributed by atoms with van der Waals surface area (Å²) in [6, 6.07) is 8.30. The number of aliphatic hydroxyl groups is 1. The second-order valence-corrected chi connectivity index (χ2v) is 6.45. The molecule has 1 heterocycles. The van der Waals surface area contributed by atoms with Crippen LogP contribution in [0.5, 0.6) is 0 Å². The van der Waals surface area contributed by atoms with E-state index in [0.717, 1.165) is 10.2 Å². The highest BCUT2D eigenvalue weighted by molar-refractivity contribution is 9.10. The van der Waals surface area contributed by atoms with Crippen LogP contribution in [0.4, 0.5) is 0 Å². The average molecular weight is 353 g/mol. The molecule has 0 unspecified atom stereocenters. The van der Waals surface area contributed by atoms with Crippen molar-refractivity contribution in [3.63, 3.8) is 0 Å². The molecule has 2 N–H and O–H groups in total. The number of halogens is 1. The van der Waals surface area contributed by atoms with E-state index in [1.807, 2.05) is 18.3 Å². The Morgan fingerprint density at radius 3 is 2.67 bits per heavy atom. The van der Waals surface area contributed by atoms with Gasteiger partial charge in [0, 0.05) is 35.9 Å². The van der Waals surface area contributed by atoms with Crippen molar-refractivity contribution in [2.24, 2.45) is 0 Å². The van der Waals surface area contributed by atoms with Gasteiger partial charge in [0.25, 0.3) is 0 Å². The van der Waals surface area contributed by atoms with Crippen molar-refractivity contribution in [3.05, 3.63) is 46.2 Å². The lowest BCUT2D eigenvalue weighted by atomic mass is 9.94. The lowest BCUT2D eigenvalue weighted by Crippen LogP contribution is -2.36. The first-order valence-corrected chi connectivity index (χ1v) is 7.81. The molecule has 0 saturated heterocycles. The lowest BCUT2D eigenvalue weighted by molar-refractivity contribution is 0.276. The van der Waals surface area contributed by atoms with Crippen LogP contribution >= 0.6 is 15.9 Å². The normalized spacial score (nSPS) is 11.8. The molecule has 0 fully saturated rings. The second-order valence-electron chi connectivity index (χ2n) is 5.54. The third-order valence-electron chi connectivity index (χ3n) is 3.41. The number of rotatable bonds is 7. The topological polar surface area (TPSA) is 63.0 Å². The van der Waals surface area contributed by atoms with Crippen LogP contribution in [0.1, 0.15) is 31.5 Å². The van der Waals surface area contributed by atoms with Gasteiger partial charge in [-0.25, -0.2) is 0 Å². The standard InChI is InChI=1S/C15H21BrN4O/c1-15(2,12-4-6-13(16)7-5-12)17-10-14-11-20(19-18-14)8-3-9-21/h4-7,11,17,21H,3,8-10H2,1-2H3. The molecular weight excluding hydrogens is 332 g/mol. The van der Waals surface area contributed by atoms with E-state index in [2.05, 4.69) is 57.5 Å². The molecule has 114 valence electrons. The zero-order chi connectivity index (χ0) is 15.3. The van der Waals surface area contributed by atoms with Crippen LogP contribution in [0.25, 0.3) is 0 Å². The largest absolute Gasteiger partial charge is 0.396 e. The van der Waals surface area contributed by atoms with Gasteiger partial charge >= 0.3 is 0 Å². The number of aromatic nitrogens is 3. The summed E-state index contributed by atoms with van der Waals surface area (Å²) < 4.78 is 2.84.